The molecule has 1 atom stereocenters. The zero-order valence-corrected chi connectivity index (χ0v) is 10.5. The zero-order chi connectivity index (χ0) is 14.0. The van der Waals surface area contributed by atoms with Crippen molar-refractivity contribution in [3.63, 3.8) is 0 Å². The summed E-state index contributed by atoms with van der Waals surface area (Å²) in [5.74, 6) is -0.576. The summed E-state index contributed by atoms with van der Waals surface area (Å²) in [4.78, 5) is 27.1. The van der Waals surface area contributed by atoms with Gasteiger partial charge in [-0.15, -0.1) is 0 Å². The second kappa shape index (κ2) is 4.62. The number of fused-ring (bicyclic) bond motifs is 1. The fourth-order valence-corrected chi connectivity index (χ4v) is 2.06. The highest BCUT2D eigenvalue weighted by Gasteiger charge is 2.48. The average molecular weight is 260 g/mol. The molecule has 7 heteroatoms. The second-order valence-electron chi connectivity index (χ2n) is 4.10. The minimum Gasteiger partial charge on any atom is -0.497 e. The number of benzene rings is 1. The number of anilines is 1. The van der Waals surface area contributed by atoms with Crippen molar-refractivity contribution in [3.8, 4) is 5.75 Å². The van der Waals surface area contributed by atoms with Gasteiger partial charge < -0.3 is 10.1 Å². The summed E-state index contributed by atoms with van der Waals surface area (Å²) < 4.78 is 5.03. The quantitative estimate of drug-likeness (QED) is 0.390. The van der Waals surface area contributed by atoms with Crippen LogP contribution in [0.4, 0.5) is 5.69 Å². The maximum absolute atomic E-state index is 12.4. The molecule has 2 rings (SSSR count). The summed E-state index contributed by atoms with van der Waals surface area (Å²) in [5.41, 5.74) is 7.57. The molecule has 0 spiro atoms. The van der Waals surface area contributed by atoms with Crippen molar-refractivity contribution in [2.45, 2.75) is 18.9 Å². The van der Waals surface area contributed by atoms with Crippen LogP contribution in [0.15, 0.2) is 23.3 Å². The van der Waals surface area contributed by atoms with Gasteiger partial charge in [-0.1, -0.05) is 12.0 Å². The van der Waals surface area contributed by atoms with Crippen molar-refractivity contribution >= 4 is 17.4 Å². The van der Waals surface area contributed by atoms with Crippen LogP contribution in [0, 0.1) is 0 Å². The van der Waals surface area contributed by atoms with E-state index in [2.05, 4.69) is 15.3 Å². The molecule has 19 heavy (non-hydrogen) atoms. The molecular formula is C12H12N4O3. The van der Waals surface area contributed by atoms with E-state index < -0.39 is 17.2 Å². The fraction of sp³-hybridized carbons (Fsp3) is 0.333. The Morgan fingerprint density at radius 3 is 2.79 bits per heavy atom. The smallest absolute Gasteiger partial charge is 0.244 e. The molecule has 0 aromatic heterocycles. The number of azide groups is 1. The average Bonchev–Trinajstić information content (AvgIpc) is 2.43. The molecule has 1 heterocycles. The number of nitrogens with one attached hydrogen (secondary N) is 1. The van der Waals surface area contributed by atoms with Crippen LogP contribution in [0.1, 0.15) is 23.7 Å². The molecule has 0 saturated heterocycles. The summed E-state index contributed by atoms with van der Waals surface area (Å²) in [6.45, 7) is 1.63. The summed E-state index contributed by atoms with van der Waals surface area (Å²) in [6.07, 6.45) is 0.104. The van der Waals surface area contributed by atoms with Crippen molar-refractivity contribution in [2.24, 2.45) is 5.11 Å². The molecule has 1 aromatic carbocycles. The van der Waals surface area contributed by atoms with E-state index in [1.807, 2.05) is 0 Å². The monoisotopic (exact) mass is 260 g/mol. The van der Waals surface area contributed by atoms with Crippen LogP contribution in [-0.4, -0.2) is 24.3 Å². The van der Waals surface area contributed by atoms with Gasteiger partial charge in [-0.25, -0.2) is 0 Å². The molecule has 1 aliphatic heterocycles. The highest BCUT2D eigenvalue weighted by Crippen LogP contribution is 2.34. The lowest BCUT2D eigenvalue weighted by atomic mass is 9.83. The van der Waals surface area contributed by atoms with Gasteiger partial charge in [0, 0.05) is 16.5 Å². The third kappa shape index (κ3) is 1.80. The first-order valence-corrected chi connectivity index (χ1v) is 5.69. The van der Waals surface area contributed by atoms with Gasteiger partial charge in [-0.05, 0) is 24.1 Å². The number of nitrogens with zero attached hydrogens (tertiary/aromatic N) is 3. The predicted octanol–water partition coefficient (Wildman–Crippen LogP) is 2.29. The molecule has 98 valence electrons. The molecule has 1 amide bonds. The molecule has 1 unspecified atom stereocenters. The minimum absolute atomic E-state index is 0.104. The number of ether oxygens (including phenoxy) is 1. The van der Waals surface area contributed by atoms with Crippen LogP contribution in [0.2, 0.25) is 0 Å². The molecule has 0 aliphatic carbocycles. The number of hydrogen-bond acceptors (Lipinski definition) is 4. The Kier molecular flexibility index (Phi) is 3.14. The van der Waals surface area contributed by atoms with E-state index in [9.17, 15) is 9.59 Å². The molecule has 1 aliphatic rings. The number of methoxy groups -OCH3 is 1. The van der Waals surface area contributed by atoms with Crippen LogP contribution in [0.3, 0.4) is 0 Å². The summed E-state index contributed by atoms with van der Waals surface area (Å²) in [5, 5.41) is 6.01. The van der Waals surface area contributed by atoms with Crippen LogP contribution in [0.25, 0.3) is 10.4 Å². The van der Waals surface area contributed by atoms with Gasteiger partial charge >= 0.3 is 0 Å². The SMILES string of the molecule is CCC1(N=[N+]=[N-])C(=O)Nc2cc(OC)ccc2C1=O. The van der Waals surface area contributed by atoms with Gasteiger partial charge in [-0.3, -0.25) is 9.59 Å². The molecule has 0 fully saturated rings. The number of amides is 1. The van der Waals surface area contributed by atoms with Crippen LogP contribution in [-0.2, 0) is 4.79 Å². The first-order chi connectivity index (χ1) is 9.08. The summed E-state index contributed by atoms with van der Waals surface area (Å²) in [7, 11) is 1.49. The van der Waals surface area contributed by atoms with Gasteiger partial charge in [0.1, 0.15) is 5.75 Å². The Hall–Kier alpha value is -2.53. The molecule has 0 bridgehead atoms. The van der Waals surface area contributed by atoms with Crippen LogP contribution >= 0.6 is 0 Å². The number of ketones is 1. The fourth-order valence-electron chi connectivity index (χ4n) is 2.06. The van der Waals surface area contributed by atoms with E-state index >= 15 is 0 Å². The summed E-state index contributed by atoms with van der Waals surface area (Å²) >= 11 is 0. The lowest BCUT2D eigenvalue weighted by Crippen LogP contribution is -2.51. The molecule has 0 saturated carbocycles. The zero-order valence-electron chi connectivity index (χ0n) is 10.5. The lowest BCUT2D eigenvalue weighted by Gasteiger charge is -2.30. The third-order valence-corrected chi connectivity index (χ3v) is 3.20. The van der Waals surface area contributed by atoms with Crippen LogP contribution < -0.4 is 10.1 Å². The first-order valence-electron chi connectivity index (χ1n) is 5.69. The van der Waals surface area contributed by atoms with E-state index in [0.29, 0.717) is 17.0 Å². The second-order valence-corrected chi connectivity index (χ2v) is 4.10. The van der Waals surface area contributed by atoms with Gasteiger partial charge in [0.2, 0.25) is 5.91 Å². The third-order valence-electron chi connectivity index (χ3n) is 3.20. The van der Waals surface area contributed by atoms with E-state index in [-0.39, 0.29) is 6.42 Å². The maximum Gasteiger partial charge on any atom is 0.244 e. The molecular weight excluding hydrogens is 248 g/mol. The Morgan fingerprint density at radius 1 is 1.47 bits per heavy atom. The summed E-state index contributed by atoms with van der Waals surface area (Å²) in [6, 6.07) is 4.72. The first kappa shape index (κ1) is 12.9. The van der Waals surface area contributed by atoms with Gasteiger partial charge in [-0.2, -0.15) is 0 Å². The number of carbonyl (C=O) groups excluding carboxylic acids is 2. The van der Waals surface area contributed by atoms with Crippen molar-refractivity contribution in [2.75, 3.05) is 12.4 Å². The van der Waals surface area contributed by atoms with Crippen molar-refractivity contribution in [1.29, 1.82) is 0 Å². The van der Waals surface area contributed by atoms with Gasteiger partial charge in [0.15, 0.2) is 11.3 Å². The highest BCUT2D eigenvalue weighted by molar-refractivity contribution is 6.27. The topological polar surface area (TPSA) is 104 Å². The minimum atomic E-state index is -1.70. The lowest BCUT2D eigenvalue weighted by molar-refractivity contribution is -0.119. The van der Waals surface area contributed by atoms with E-state index in [1.165, 1.54) is 7.11 Å². The number of hydrogen-bond donors (Lipinski definition) is 1. The van der Waals surface area contributed by atoms with Gasteiger partial charge in [0.05, 0.1) is 12.8 Å². The van der Waals surface area contributed by atoms with E-state index in [4.69, 9.17) is 10.3 Å². The molecule has 1 N–H and O–H groups in total. The van der Waals surface area contributed by atoms with Crippen molar-refractivity contribution < 1.29 is 14.3 Å². The molecule has 1 aromatic rings. The predicted molar refractivity (Wildman–Crippen MR) is 68.1 cm³/mol. The number of rotatable bonds is 3. The normalized spacial score (nSPS) is 21.2. The molecule has 7 nitrogen and oxygen atoms in total. The Labute approximate surface area is 109 Å². The molecule has 0 radical (unpaired) electrons. The van der Waals surface area contributed by atoms with Crippen LogP contribution in [0.5, 0.6) is 5.75 Å². The standard InChI is InChI=1S/C12H12N4O3/c1-3-12(15-16-13)10(17)8-5-4-7(19-2)6-9(8)14-11(12)18/h4-6H,3H2,1-2H3,(H,14,18). The Morgan fingerprint density at radius 2 is 2.21 bits per heavy atom. The number of carbonyl (C=O) groups is 2. The Balaban J connectivity index is 2.60. The van der Waals surface area contributed by atoms with E-state index in [0.717, 1.165) is 0 Å². The number of Topliss-reactive ketones (excluding diaryl/α,β-unsaturated/α-hetero) is 1. The van der Waals surface area contributed by atoms with Crippen molar-refractivity contribution in [3.05, 3.63) is 34.2 Å². The van der Waals surface area contributed by atoms with E-state index in [1.54, 1.807) is 25.1 Å². The highest BCUT2D eigenvalue weighted by atomic mass is 16.5. The Bertz CT molecular complexity index is 607. The van der Waals surface area contributed by atoms with Gasteiger partial charge in [0.25, 0.3) is 0 Å². The van der Waals surface area contributed by atoms with Crippen molar-refractivity contribution in [1.82, 2.24) is 0 Å². The largest absolute Gasteiger partial charge is 0.497 e. The maximum atomic E-state index is 12.4.